The van der Waals surface area contributed by atoms with E-state index in [1.165, 1.54) is 67.5 Å². The third kappa shape index (κ3) is 7.80. The fourth-order valence-electron chi connectivity index (χ4n) is 6.63. The molecule has 0 amide bonds. The largest absolute Gasteiger partial charge is 0.522 e. The van der Waals surface area contributed by atoms with E-state index < -0.39 is 15.6 Å². The van der Waals surface area contributed by atoms with Crippen molar-refractivity contribution in [3.63, 3.8) is 0 Å². The molecule has 2 aliphatic heterocycles. The van der Waals surface area contributed by atoms with Crippen LogP contribution in [0.15, 0.2) is 97.1 Å². The number of nitrogens with zero attached hydrogens (tertiary/aromatic N) is 4. The Morgan fingerprint density at radius 3 is 1.29 bits per heavy atom. The van der Waals surface area contributed by atoms with Crippen LogP contribution >= 0.6 is 0 Å². The maximum Gasteiger partial charge on any atom is 0.522 e. The van der Waals surface area contributed by atoms with Gasteiger partial charge in [-0.1, -0.05) is 36.4 Å². The first-order valence-corrected chi connectivity index (χ1v) is 18.3. The zero-order valence-electron chi connectivity index (χ0n) is 29.5. The van der Waals surface area contributed by atoms with Crippen molar-refractivity contribution in [1.82, 2.24) is 0 Å². The second kappa shape index (κ2) is 14.8. The summed E-state index contributed by atoms with van der Waals surface area (Å²) in [6.45, 7) is 1.97. The van der Waals surface area contributed by atoms with Crippen molar-refractivity contribution >= 4 is 45.8 Å². The molecule has 52 heavy (non-hydrogen) atoms. The molecule has 1 N–H and O–H groups in total. The summed E-state index contributed by atoms with van der Waals surface area (Å²) in [6, 6.07) is 35.8. The lowest BCUT2D eigenvalue weighted by Crippen LogP contribution is -2.45. The summed E-state index contributed by atoms with van der Waals surface area (Å²) >= 11 is 0. The van der Waals surface area contributed by atoms with Crippen molar-refractivity contribution in [2.24, 2.45) is 0 Å². The fourth-order valence-corrected chi connectivity index (χ4v) is 6.63. The van der Waals surface area contributed by atoms with E-state index in [4.69, 9.17) is 13.0 Å². The number of hydrogen-bond donors (Lipinski definition) is 1. The molecule has 0 saturated heterocycles. The van der Waals surface area contributed by atoms with E-state index in [1.807, 2.05) is 0 Å². The Hall–Kier alpha value is -5.26. The van der Waals surface area contributed by atoms with Crippen LogP contribution in [0.1, 0.15) is 33.6 Å². The second-order valence-corrected chi connectivity index (χ2v) is 14.6. The van der Waals surface area contributed by atoms with Gasteiger partial charge in [-0.15, -0.1) is 0 Å². The molecule has 0 atom stereocenters. The number of pyridine rings is 2. The van der Waals surface area contributed by atoms with E-state index in [0.29, 0.717) is 0 Å². The summed E-state index contributed by atoms with van der Waals surface area (Å²) in [6.07, 6.45) is 11.1. The van der Waals surface area contributed by atoms with Crippen LogP contribution < -0.4 is 18.9 Å². The molecule has 0 spiro atoms. The van der Waals surface area contributed by atoms with Gasteiger partial charge in [-0.05, 0) is 70.8 Å². The standard InChI is InChI=1S/C40H40N4.CHF3O3S/c1-41(2)33-19-11-29(12-20-33)15-23-35-7-5-9-37-39-31(25-27-43(35)37)17-18-32-26-28-44-36(8-6-10-38(44)40(32)39)24-16-30-13-21-34(22-14-30)42(3)4;2-1(3,4)8(5,6)7/h5-24H,25-28H2,1-4H3;(H,5,6,7)/q+2;. The molecule has 7 rings (SSSR count). The summed E-state index contributed by atoms with van der Waals surface area (Å²) in [7, 11) is 2.47. The molecule has 0 radical (unpaired) electrons. The van der Waals surface area contributed by atoms with Gasteiger partial charge in [0.25, 0.3) is 0 Å². The minimum Gasteiger partial charge on any atom is -0.378 e. The van der Waals surface area contributed by atoms with Crippen LogP contribution in [-0.2, 0) is 36.0 Å². The normalized spacial score (nSPS) is 13.5. The highest BCUT2D eigenvalue weighted by atomic mass is 32.2. The summed E-state index contributed by atoms with van der Waals surface area (Å²) in [5.74, 6) is 0. The molecule has 3 aromatic carbocycles. The fraction of sp³-hybridized carbons (Fsp3) is 0.220. The second-order valence-electron chi connectivity index (χ2n) is 13.2. The van der Waals surface area contributed by atoms with E-state index >= 15 is 0 Å². The van der Waals surface area contributed by atoms with E-state index in [0.717, 1.165) is 25.9 Å². The monoisotopic (exact) mass is 726 g/mol. The predicted molar refractivity (Wildman–Crippen MR) is 202 cm³/mol. The Morgan fingerprint density at radius 2 is 0.962 bits per heavy atom. The van der Waals surface area contributed by atoms with Crippen molar-refractivity contribution in [3.8, 4) is 22.5 Å². The Morgan fingerprint density at radius 1 is 0.596 bits per heavy atom. The van der Waals surface area contributed by atoms with Crippen LogP contribution in [0.3, 0.4) is 0 Å². The van der Waals surface area contributed by atoms with Crippen LogP contribution in [-0.4, -0.2) is 46.7 Å². The average molecular weight is 727 g/mol. The van der Waals surface area contributed by atoms with Crippen molar-refractivity contribution < 1.29 is 35.3 Å². The van der Waals surface area contributed by atoms with Crippen molar-refractivity contribution in [2.75, 3.05) is 38.0 Å². The van der Waals surface area contributed by atoms with Crippen molar-refractivity contribution in [1.29, 1.82) is 0 Å². The lowest BCUT2D eigenvalue weighted by molar-refractivity contribution is -0.691. The van der Waals surface area contributed by atoms with Gasteiger partial charge in [0.15, 0.2) is 13.1 Å². The zero-order valence-corrected chi connectivity index (χ0v) is 30.3. The smallest absolute Gasteiger partial charge is 0.378 e. The van der Waals surface area contributed by atoms with Crippen LogP contribution in [0.4, 0.5) is 24.5 Å². The molecule has 5 aromatic rings. The van der Waals surface area contributed by atoms with Crippen LogP contribution in [0, 0.1) is 0 Å². The molecule has 0 unspecified atom stereocenters. The molecule has 7 nitrogen and oxygen atoms in total. The van der Waals surface area contributed by atoms with Gasteiger partial charge in [-0.25, -0.2) is 0 Å². The van der Waals surface area contributed by atoms with E-state index in [9.17, 15) is 13.2 Å². The van der Waals surface area contributed by atoms with Gasteiger partial charge in [0.05, 0.1) is 11.1 Å². The molecule has 4 heterocycles. The number of alkyl halides is 3. The highest BCUT2D eigenvalue weighted by molar-refractivity contribution is 7.86. The van der Waals surface area contributed by atoms with Gasteiger partial charge in [0.2, 0.25) is 22.8 Å². The summed E-state index contributed by atoms with van der Waals surface area (Å²) < 4.78 is 62.6. The molecule has 2 aromatic heterocycles. The SMILES string of the molecule is CN(C)c1ccc(/C=C/c2cccc3[n+]2CCc2ccc4c(c2-3)-c2cccc(/C=C/c3ccc(N(C)C)cc3)[n+]2CC4)cc1.O=S(=O)(O)C(F)(F)F. The van der Waals surface area contributed by atoms with E-state index in [1.54, 1.807) is 0 Å². The number of anilines is 2. The summed E-state index contributed by atoms with van der Waals surface area (Å²) in [4.78, 5) is 4.27. The van der Waals surface area contributed by atoms with Gasteiger partial charge in [-0.3, -0.25) is 4.55 Å². The van der Waals surface area contributed by atoms with Crippen molar-refractivity contribution in [3.05, 3.63) is 131 Å². The Balaban J connectivity index is 0.000000522. The number of aryl methyl sites for hydroxylation is 2. The zero-order chi connectivity index (χ0) is 37.2. The summed E-state index contributed by atoms with van der Waals surface area (Å²) in [5.41, 5.74) is 10.1. The van der Waals surface area contributed by atoms with Gasteiger partial charge >= 0.3 is 15.6 Å². The number of fused-ring (bicyclic) bond motifs is 7. The Labute approximate surface area is 303 Å². The van der Waals surface area contributed by atoms with E-state index in [-0.39, 0.29) is 0 Å². The third-order valence-corrected chi connectivity index (χ3v) is 9.94. The molecule has 0 aliphatic carbocycles. The first-order valence-electron chi connectivity index (χ1n) is 16.9. The van der Waals surface area contributed by atoms with Gasteiger partial charge in [0, 0.05) is 88.8 Å². The molecule has 11 heteroatoms. The van der Waals surface area contributed by atoms with Crippen LogP contribution in [0.2, 0.25) is 0 Å². The molecule has 0 fully saturated rings. The number of benzene rings is 3. The van der Waals surface area contributed by atoms with E-state index in [2.05, 4.69) is 168 Å². The van der Waals surface area contributed by atoms with Gasteiger partial charge in [0.1, 0.15) is 0 Å². The van der Waals surface area contributed by atoms with Gasteiger partial charge < -0.3 is 9.80 Å². The minimum absolute atomic E-state index is 0.983. The first-order chi connectivity index (χ1) is 24.7. The number of aromatic nitrogens is 2. The average Bonchev–Trinajstić information content (AvgIpc) is 3.12. The lowest BCUT2D eigenvalue weighted by Gasteiger charge is -2.23. The maximum absolute atomic E-state index is 10.7. The lowest BCUT2D eigenvalue weighted by atomic mass is 9.85. The highest BCUT2D eigenvalue weighted by Gasteiger charge is 2.44. The first kappa shape index (κ1) is 36.5. The minimum atomic E-state index is -5.84. The maximum atomic E-state index is 10.7. The topological polar surface area (TPSA) is 68.6 Å². The Kier molecular flexibility index (Phi) is 10.4. The highest BCUT2D eigenvalue weighted by Crippen LogP contribution is 2.39. The predicted octanol–water partition coefficient (Wildman–Crippen LogP) is 7.57. The molecular weight excluding hydrogens is 686 g/mol. The van der Waals surface area contributed by atoms with Crippen molar-refractivity contribution in [2.45, 2.75) is 31.4 Å². The Bertz CT molecular complexity index is 2120. The van der Waals surface area contributed by atoms with Crippen LogP contribution in [0.5, 0.6) is 0 Å². The number of halogens is 3. The molecular formula is C41H41F3N4O3S+2. The quantitative estimate of drug-likeness (QED) is 0.111. The third-order valence-electron chi connectivity index (χ3n) is 9.35. The number of rotatable bonds is 6. The molecule has 0 saturated carbocycles. The molecule has 0 bridgehead atoms. The molecule has 2 aliphatic rings. The summed E-state index contributed by atoms with van der Waals surface area (Å²) in [5, 5.41) is 0. The van der Waals surface area contributed by atoms with Crippen LogP contribution in [0.25, 0.3) is 46.8 Å². The number of hydrogen-bond acceptors (Lipinski definition) is 4. The van der Waals surface area contributed by atoms with Gasteiger partial charge in [-0.2, -0.15) is 30.7 Å². The molecule has 268 valence electrons.